The summed E-state index contributed by atoms with van der Waals surface area (Å²) in [5.74, 6) is 13.7. The third-order valence-corrected chi connectivity index (χ3v) is 3.89. The Hall–Kier alpha value is -3.56. The molecule has 0 bridgehead atoms. The van der Waals surface area contributed by atoms with E-state index in [4.69, 9.17) is 21.2 Å². The van der Waals surface area contributed by atoms with E-state index in [1.54, 1.807) is 26.4 Å². The van der Waals surface area contributed by atoms with E-state index < -0.39 is 0 Å². The third-order valence-electron chi connectivity index (χ3n) is 3.89. The molecule has 0 atom stereocenters. The number of ether oxygens (including phenoxy) is 2. The van der Waals surface area contributed by atoms with Crippen molar-refractivity contribution >= 4 is 23.3 Å². The summed E-state index contributed by atoms with van der Waals surface area (Å²) in [4.78, 5) is 8.90. The van der Waals surface area contributed by atoms with Gasteiger partial charge in [-0.05, 0) is 24.3 Å². The van der Waals surface area contributed by atoms with Gasteiger partial charge in [0, 0.05) is 17.3 Å². The number of nitrogens with two attached hydrogens (primary N) is 2. The molecule has 0 aliphatic heterocycles. The van der Waals surface area contributed by atoms with Gasteiger partial charge in [0.15, 0.2) is 11.6 Å². The van der Waals surface area contributed by atoms with Crippen molar-refractivity contribution in [1.82, 2.24) is 9.97 Å². The first kappa shape index (κ1) is 18.2. The number of hydrazine groups is 2. The molecule has 1 heterocycles. The summed E-state index contributed by atoms with van der Waals surface area (Å²) in [6.45, 7) is 0. The number of aromatic nitrogens is 2. The van der Waals surface area contributed by atoms with Crippen molar-refractivity contribution < 1.29 is 9.47 Å². The molecule has 0 aliphatic rings. The second-order valence-corrected chi connectivity index (χ2v) is 5.47. The van der Waals surface area contributed by atoms with Gasteiger partial charge in [-0.2, -0.15) is 9.97 Å². The Balaban J connectivity index is 2.10. The minimum atomic E-state index is 0.332. The minimum Gasteiger partial charge on any atom is -0.497 e. The Bertz CT molecular complexity index is 894. The number of benzene rings is 2. The lowest BCUT2D eigenvalue weighted by Crippen LogP contribution is -2.17. The Kier molecular flexibility index (Phi) is 5.55. The van der Waals surface area contributed by atoms with E-state index in [9.17, 15) is 0 Å². The number of rotatable bonds is 7. The lowest BCUT2D eigenvalue weighted by molar-refractivity contribution is 0.395. The van der Waals surface area contributed by atoms with Crippen molar-refractivity contribution in [1.29, 1.82) is 0 Å². The summed E-state index contributed by atoms with van der Waals surface area (Å²) in [7, 11) is 3.15. The molecule has 9 nitrogen and oxygen atoms in total. The average molecular weight is 367 g/mol. The first-order chi connectivity index (χ1) is 13.2. The van der Waals surface area contributed by atoms with Crippen LogP contribution >= 0.6 is 0 Å². The van der Waals surface area contributed by atoms with Crippen molar-refractivity contribution in [2.24, 2.45) is 11.7 Å². The van der Waals surface area contributed by atoms with Crippen LogP contribution in [0, 0.1) is 0 Å². The predicted molar refractivity (Wildman–Crippen MR) is 106 cm³/mol. The minimum absolute atomic E-state index is 0.332. The van der Waals surface area contributed by atoms with Gasteiger partial charge in [-0.15, -0.1) is 0 Å². The highest BCUT2D eigenvalue weighted by molar-refractivity contribution is 5.89. The second kappa shape index (κ2) is 8.21. The van der Waals surface area contributed by atoms with Crippen LogP contribution in [0.1, 0.15) is 0 Å². The lowest BCUT2D eigenvalue weighted by atomic mass is 10.1. The van der Waals surface area contributed by atoms with Gasteiger partial charge < -0.3 is 25.6 Å². The molecule has 1 aromatic heterocycles. The maximum absolute atomic E-state index is 5.72. The molecule has 0 aliphatic carbocycles. The Labute approximate surface area is 156 Å². The van der Waals surface area contributed by atoms with E-state index in [0.29, 0.717) is 40.2 Å². The maximum Gasteiger partial charge on any atom is 0.231 e. The predicted octanol–water partition coefficient (Wildman–Crippen LogP) is 2.48. The van der Waals surface area contributed by atoms with Gasteiger partial charge in [0.25, 0.3) is 0 Å². The van der Waals surface area contributed by atoms with Crippen molar-refractivity contribution in [3.63, 3.8) is 0 Å². The number of hydrogen-bond donors (Lipinski definition) is 5. The summed E-state index contributed by atoms with van der Waals surface area (Å²) in [5.41, 5.74) is 7.30. The largest absolute Gasteiger partial charge is 0.497 e. The number of methoxy groups -OCH3 is 2. The zero-order chi connectivity index (χ0) is 19.2. The topological polar surface area (TPSA) is 132 Å². The van der Waals surface area contributed by atoms with Crippen LogP contribution < -0.4 is 37.3 Å². The summed E-state index contributed by atoms with van der Waals surface area (Å²) in [6, 6.07) is 14.9. The second-order valence-electron chi connectivity index (χ2n) is 5.47. The first-order valence-electron chi connectivity index (χ1n) is 8.10. The van der Waals surface area contributed by atoms with Crippen LogP contribution in [0.2, 0.25) is 0 Å². The SMILES string of the molecule is COc1ccc(-c2c(NN)nc(Nc3ccccc3)nc2NN)c(OC)c1. The molecule has 3 aromatic rings. The van der Waals surface area contributed by atoms with Crippen LogP contribution in [-0.2, 0) is 0 Å². The average Bonchev–Trinajstić information content (AvgIpc) is 2.73. The van der Waals surface area contributed by atoms with E-state index in [-0.39, 0.29) is 0 Å². The molecule has 0 spiro atoms. The quantitative estimate of drug-likeness (QED) is 0.315. The molecule has 2 aromatic carbocycles. The van der Waals surface area contributed by atoms with Crippen LogP contribution in [0.3, 0.4) is 0 Å². The lowest BCUT2D eigenvalue weighted by Gasteiger charge is -2.17. The molecule has 0 unspecified atom stereocenters. The van der Waals surface area contributed by atoms with Crippen LogP contribution in [0.5, 0.6) is 11.5 Å². The zero-order valence-corrected chi connectivity index (χ0v) is 15.0. The van der Waals surface area contributed by atoms with E-state index in [1.165, 1.54) is 0 Å². The molecule has 0 fully saturated rings. The number of nitrogens with zero attached hydrogens (tertiary/aromatic N) is 2. The Morgan fingerprint density at radius 1 is 0.852 bits per heavy atom. The fraction of sp³-hybridized carbons (Fsp3) is 0.111. The van der Waals surface area contributed by atoms with E-state index in [1.807, 2.05) is 36.4 Å². The van der Waals surface area contributed by atoms with Gasteiger partial charge in [0.1, 0.15) is 11.5 Å². The fourth-order valence-electron chi connectivity index (χ4n) is 2.64. The van der Waals surface area contributed by atoms with Crippen molar-refractivity contribution in [3.05, 3.63) is 48.5 Å². The summed E-state index contributed by atoms with van der Waals surface area (Å²) in [6.07, 6.45) is 0. The van der Waals surface area contributed by atoms with Crippen LogP contribution in [0.4, 0.5) is 23.3 Å². The molecule has 3 rings (SSSR count). The van der Waals surface area contributed by atoms with Crippen molar-refractivity contribution in [2.75, 3.05) is 30.4 Å². The van der Waals surface area contributed by atoms with Gasteiger partial charge in [0.05, 0.1) is 19.8 Å². The van der Waals surface area contributed by atoms with E-state index >= 15 is 0 Å². The molecular weight excluding hydrogens is 346 g/mol. The maximum atomic E-state index is 5.72. The third kappa shape index (κ3) is 3.84. The fourth-order valence-corrected chi connectivity index (χ4v) is 2.64. The molecular formula is C18H21N7O2. The van der Waals surface area contributed by atoms with Gasteiger partial charge in [0.2, 0.25) is 5.95 Å². The molecule has 140 valence electrons. The number of para-hydroxylation sites is 1. The van der Waals surface area contributed by atoms with Crippen LogP contribution in [0.15, 0.2) is 48.5 Å². The summed E-state index contributed by atoms with van der Waals surface area (Å²) in [5, 5.41) is 3.11. The van der Waals surface area contributed by atoms with Gasteiger partial charge in [-0.1, -0.05) is 18.2 Å². The number of nitrogens with one attached hydrogen (secondary N) is 3. The van der Waals surface area contributed by atoms with E-state index in [2.05, 4.69) is 26.1 Å². The highest BCUT2D eigenvalue weighted by Crippen LogP contribution is 2.40. The monoisotopic (exact) mass is 367 g/mol. The molecule has 9 heteroatoms. The van der Waals surface area contributed by atoms with Crippen molar-refractivity contribution in [2.45, 2.75) is 0 Å². The molecule has 7 N–H and O–H groups in total. The van der Waals surface area contributed by atoms with E-state index in [0.717, 1.165) is 5.69 Å². The van der Waals surface area contributed by atoms with Crippen LogP contribution in [0.25, 0.3) is 11.1 Å². The number of nitrogen functional groups attached to an aromatic ring is 2. The zero-order valence-electron chi connectivity index (χ0n) is 15.0. The highest BCUT2D eigenvalue weighted by Gasteiger charge is 2.19. The highest BCUT2D eigenvalue weighted by atomic mass is 16.5. The molecule has 0 saturated heterocycles. The summed E-state index contributed by atoms with van der Waals surface area (Å²) >= 11 is 0. The van der Waals surface area contributed by atoms with Gasteiger partial charge in [-0.3, -0.25) is 0 Å². The number of hydrogen-bond acceptors (Lipinski definition) is 9. The normalized spacial score (nSPS) is 10.2. The number of anilines is 4. The summed E-state index contributed by atoms with van der Waals surface area (Å²) < 4.78 is 10.7. The first-order valence-corrected chi connectivity index (χ1v) is 8.10. The molecule has 0 amide bonds. The van der Waals surface area contributed by atoms with Crippen molar-refractivity contribution in [3.8, 4) is 22.6 Å². The van der Waals surface area contributed by atoms with Gasteiger partial charge in [-0.25, -0.2) is 11.7 Å². The van der Waals surface area contributed by atoms with Crippen LogP contribution in [-0.4, -0.2) is 24.2 Å². The Morgan fingerprint density at radius 2 is 1.52 bits per heavy atom. The molecule has 27 heavy (non-hydrogen) atoms. The Morgan fingerprint density at radius 3 is 2.07 bits per heavy atom. The molecule has 0 saturated carbocycles. The smallest absolute Gasteiger partial charge is 0.231 e. The standard InChI is InChI=1S/C18H21N7O2/c1-26-12-8-9-13(14(10-12)27-2)15-16(24-19)22-18(23-17(15)25-20)21-11-6-4-3-5-7-11/h3-10H,19-20H2,1-2H3,(H3,21,22,23,24,25). The van der Waals surface area contributed by atoms with Gasteiger partial charge >= 0.3 is 0 Å². The molecule has 0 radical (unpaired) electrons.